The van der Waals surface area contributed by atoms with Crippen LogP contribution in [0.5, 0.6) is 0 Å². The Morgan fingerprint density at radius 2 is 2.04 bits per heavy atom. The summed E-state index contributed by atoms with van der Waals surface area (Å²) in [7, 11) is 1.32. The lowest BCUT2D eigenvalue weighted by Crippen LogP contribution is -2.45. The number of ether oxygens (including phenoxy) is 1. The zero-order chi connectivity index (χ0) is 19.9. The number of nitrogens with one attached hydrogen (secondary N) is 1. The van der Waals surface area contributed by atoms with Crippen LogP contribution in [0.1, 0.15) is 24.8 Å². The molecule has 0 saturated carbocycles. The SMILES string of the molecule is COC(=O)CSCCC(=O)NC1CCN(c2ccc(C(F)(F)F)cn2)CC1. The predicted molar refractivity (Wildman–Crippen MR) is 96.6 cm³/mol. The Balaban J connectivity index is 1.70. The summed E-state index contributed by atoms with van der Waals surface area (Å²) in [6.07, 6.45) is -1.83. The van der Waals surface area contributed by atoms with Gasteiger partial charge in [-0.05, 0) is 25.0 Å². The van der Waals surface area contributed by atoms with Crippen LogP contribution < -0.4 is 10.2 Å². The number of methoxy groups -OCH3 is 1. The minimum atomic E-state index is -4.39. The van der Waals surface area contributed by atoms with Crippen molar-refractivity contribution in [2.24, 2.45) is 0 Å². The van der Waals surface area contributed by atoms with E-state index in [4.69, 9.17) is 0 Å². The number of piperidine rings is 1. The van der Waals surface area contributed by atoms with Gasteiger partial charge in [-0.25, -0.2) is 4.98 Å². The van der Waals surface area contributed by atoms with Crippen LogP contribution in [0.2, 0.25) is 0 Å². The molecule has 0 aromatic carbocycles. The van der Waals surface area contributed by atoms with Gasteiger partial charge in [0, 0.05) is 37.5 Å². The topological polar surface area (TPSA) is 71.5 Å². The molecule has 10 heteroatoms. The van der Waals surface area contributed by atoms with Gasteiger partial charge in [0.05, 0.1) is 18.4 Å². The molecule has 0 aliphatic carbocycles. The normalized spacial score (nSPS) is 15.5. The Labute approximate surface area is 159 Å². The van der Waals surface area contributed by atoms with E-state index in [1.165, 1.54) is 24.9 Å². The van der Waals surface area contributed by atoms with Gasteiger partial charge in [-0.2, -0.15) is 13.2 Å². The van der Waals surface area contributed by atoms with E-state index >= 15 is 0 Å². The molecule has 1 aliphatic rings. The number of carbonyl (C=O) groups is 2. The highest BCUT2D eigenvalue weighted by atomic mass is 32.2. The predicted octanol–water partition coefficient (Wildman–Crippen LogP) is 2.48. The number of anilines is 1. The van der Waals surface area contributed by atoms with Gasteiger partial charge in [-0.3, -0.25) is 9.59 Å². The van der Waals surface area contributed by atoms with Gasteiger partial charge in [0.2, 0.25) is 5.91 Å². The molecule has 1 amide bonds. The second-order valence-electron chi connectivity index (χ2n) is 6.11. The third-order valence-electron chi connectivity index (χ3n) is 4.18. The van der Waals surface area contributed by atoms with Crippen LogP contribution in [0.4, 0.5) is 19.0 Å². The number of hydrogen-bond donors (Lipinski definition) is 1. The maximum absolute atomic E-state index is 12.6. The monoisotopic (exact) mass is 405 g/mol. The maximum Gasteiger partial charge on any atom is 0.417 e. The number of rotatable bonds is 7. The third-order valence-corrected chi connectivity index (χ3v) is 5.11. The number of esters is 1. The Bertz CT molecular complexity index is 633. The van der Waals surface area contributed by atoms with E-state index in [0.717, 1.165) is 12.3 Å². The number of alkyl halides is 3. The lowest BCUT2D eigenvalue weighted by molar-refractivity contribution is -0.138. The van der Waals surface area contributed by atoms with Crippen LogP contribution in [0.15, 0.2) is 18.3 Å². The van der Waals surface area contributed by atoms with Crippen LogP contribution in [0.25, 0.3) is 0 Å². The minimum absolute atomic E-state index is 0.0359. The first-order valence-corrected chi connectivity index (χ1v) is 9.67. The summed E-state index contributed by atoms with van der Waals surface area (Å²) in [5.74, 6) is 0.882. The number of halogens is 3. The Morgan fingerprint density at radius 1 is 1.33 bits per heavy atom. The molecule has 1 aliphatic heterocycles. The third kappa shape index (κ3) is 6.93. The molecule has 0 atom stereocenters. The fourth-order valence-electron chi connectivity index (χ4n) is 2.67. The van der Waals surface area contributed by atoms with Crippen molar-refractivity contribution in [1.82, 2.24) is 10.3 Å². The summed E-state index contributed by atoms with van der Waals surface area (Å²) in [6.45, 7) is 1.22. The van der Waals surface area contributed by atoms with E-state index in [-0.39, 0.29) is 23.7 Å². The van der Waals surface area contributed by atoms with E-state index in [1.54, 1.807) is 0 Å². The molecular weight excluding hydrogens is 383 g/mol. The molecule has 150 valence electrons. The van der Waals surface area contributed by atoms with Crippen molar-refractivity contribution in [3.63, 3.8) is 0 Å². The Kier molecular flexibility index (Phi) is 7.76. The molecule has 6 nitrogen and oxygen atoms in total. The van der Waals surface area contributed by atoms with Crippen LogP contribution in [-0.2, 0) is 20.5 Å². The standard InChI is InChI=1S/C17H22F3N3O3S/c1-26-16(25)11-27-9-6-15(24)22-13-4-7-23(8-5-13)14-3-2-12(10-21-14)17(18,19)20/h2-3,10,13H,4-9,11H2,1H3,(H,22,24). The molecule has 2 rings (SSSR count). The van der Waals surface area contributed by atoms with E-state index in [1.807, 2.05) is 4.90 Å². The highest BCUT2D eigenvalue weighted by Crippen LogP contribution is 2.29. The van der Waals surface area contributed by atoms with Crippen molar-refractivity contribution in [1.29, 1.82) is 0 Å². The van der Waals surface area contributed by atoms with Gasteiger partial charge in [0.25, 0.3) is 0 Å². The minimum Gasteiger partial charge on any atom is -0.468 e. The molecule has 1 aromatic rings. The number of nitrogens with zero attached hydrogens (tertiary/aromatic N) is 2. The highest BCUT2D eigenvalue weighted by molar-refractivity contribution is 7.99. The second kappa shape index (κ2) is 9.82. The van der Waals surface area contributed by atoms with Gasteiger partial charge >= 0.3 is 12.1 Å². The first-order chi connectivity index (χ1) is 12.8. The van der Waals surface area contributed by atoms with Crippen LogP contribution >= 0.6 is 11.8 Å². The van der Waals surface area contributed by atoms with Crippen molar-refractivity contribution in [3.05, 3.63) is 23.9 Å². The molecule has 0 radical (unpaired) electrons. The number of carbonyl (C=O) groups excluding carboxylic acids is 2. The molecule has 0 bridgehead atoms. The molecule has 27 heavy (non-hydrogen) atoms. The van der Waals surface area contributed by atoms with Crippen LogP contribution in [-0.4, -0.2) is 54.6 Å². The van der Waals surface area contributed by atoms with E-state index < -0.39 is 11.7 Å². The highest BCUT2D eigenvalue weighted by Gasteiger charge is 2.31. The lowest BCUT2D eigenvalue weighted by Gasteiger charge is -2.33. The van der Waals surface area contributed by atoms with Crippen molar-refractivity contribution in [3.8, 4) is 0 Å². The molecule has 1 N–H and O–H groups in total. The Morgan fingerprint density at radius 3 is 2.59 bits per heavy atom. The van der Waals surface area contributed by atoms with Crippen LogP contribution in [0, 0.1) is 0 Å². The molecule has 0 unspecified atom stereocenters. The number of aromatic nitrogens is 1. The van der Waals surface area contributed by atoms with Crippen molar-refractivity contribution < 1.29 is 27.5 Å². The lowest BCUT2D eigenvalue weighted by atomic mass is 10.0. The summed E-state index contributed by atoms with van der Waals surface area (Å²) in [4.78, 5) is 28.7. The number of hydrogen-bond acceptors (Lipinski definition) is 6. The smallest absolute Gasteiger partial charge is 0.417 e. The fourth-order valence-corrected chi connectivity index (χ4v) is 3.43. The van der Waals surface area contributed by atoms with Crippen molar-refractivity contribution in [2.75, 3.05) is 36.6 Å². The summed E-state index contributed by atoms with van der Waals surface area (Å²) in [5.41, 5.74) is -0.765. The zero-order valence-corrected chi connectivity index (χ0v) is 15.7. The molecule has 0 spiro atoms. The number of thioether (sulfide) groups is 1. The van der Waals surface area contributed by atoms with E-state index in [0.29, 0.717) is 43.9 Å². The summed E-state index contributed by atoms with van der Waals surface area (Å²) in [6, 6.07) is 2.44. The molecule has 2 heterocycles. The fraction of sp³-hybridized carbons (Fsp3) is 0.588. The Hall–Kier alpha value is -1.97. The first-order valence-electron chi connectivity index (χ1n) is 8.51. The van der Waals surface area contributed by atoms with Gasteiger partial charge < -0.3 is 15.0 Å². The molecule has 1 aromatic heterocycles. The number of amides is 1. The second-order valence-corrected chi connectivity index (χ2v) is 7.22. The quantitative estimate of drug-likeness (QED) is 0.555. The van der Waals surface area contributed by atoms with Gasteiger partial charge in [-0.15, -0.1) is 11.8 Å². The molecular formula is C17H22F3N3O3S. The summed E-state index contributed by atoms with van der Waals surface area (Å²) in [5, 5.41) is 2.96. The van der Waals surface area contributed by atoms with Gasteiger partial charge in [0.1, 0.15) is 5.82 Å². The number of pyridine rings is 1. The zero-order valence-electron chi connectivity index (χ0n) is 14.9. The van der Waals surface area contributed by atoms with Crippen molar-refractivity contribution >= 4 is 29.5 Å². The average molecular weight is 405 g/mol. The summed E-state index contributed by atoms with van der Waals surface area (Å²) >= 11 is 1.34. The average Bonchev–Trinajstić information content (AvgIpc) is 2.65. The van der Waals surface area contributed by atoms with Gasteiger partial charge in [-0.1, -0.05) is 0 Å². The first kappa shape index (κ1) is 21.3. The summed E-state index contributed by atoms with van der Waals surface area (Å²) < 4.78 is 42.3. The van der Waals surface area contributed by atoms with E-state index in [2.05, 4.69) is 15.0 Å². The molecule has 1 fully saturated rings. The van der Waals surface area contributed by atoms with Crippen LogP contribution in [0.3, 0.4) is 0 Å². The largest absolute Gasteiger partial charge is 0.468 e. The molecule has 1 saturated heterocycles. The van der Waals surface area contributed by atoms with Gasteiger partial charge in [0.15, 0.2) is 0 Å². The maximum atomic E-state index is 12.6. The van der Waals surface area contributed by atoms with Crippen molar-refractivity contribution in [2.45, 2.75) is 31.5 Å². The van der Waals surface area contributed by atoms with E-state index in [9.17, 15) is 22.8 Å².